The average Bonchev–Trinajstić information content (AvgIpc) is 2.11. The molecule has 0 amide bonds. The van der Waals surface area contributed by atoms with E-state index in [1.807, 2.05) is 45.1 Å². The Kier molecular flexibility index (Phi) is 46.1. The van der Waals surface area contributed by atoms with E-state index in [0.717, 1.165) is 0 Å². The lowest BCUT2D eigenvalue weighted by Crippen LogP contribution is -1.43. The van der Waals surface area contributed by atoms with Crippen LogP contribution in [0.15, 0.2) is 37.0 Å². The summed E-state index contributed by atoms with van der Waals surface area (Å²) >= 11 is 0. The number of hydrogen-bond donors (Lipinski definition) is 0. The summed E-state index contributed by atoms with van der Waals surface area (Å²) in [5, 5.41) is 0. The van der Waals surface area contributed by atoms with E-state index in [4.69, 9.17) is 0 Å². The van der Waals surface area contributed by atoms with E-state index in [2.05, 4.69) is 20.4 Å². The normalized spacial score (nSPS) is 8.42. The Morgan fingerprint density at radius 1 is 1.00 bits per heavy atom. The zero-order valence-electron chi connectivity index (χ0n) is 9.30. The van der Waals surface area contributed by atoms with Gasteiger partial charge in [-0.15, -0.1) is 0 Å². The Hall–Kier alpha value is -0.780. The summed E-state index contributed by atoms with van der Waals surface area (Å²) < 4.78 is 0. The third-order valence-electron chi connectivity index (χ3n) is 0.551. The Morgan fingerprint density at radius 2 is 1.42 bits per heavy atom. The summed E-state index contributed by atoms with van der Waals surface area (Å²) in [6.45, 7) is 13.7. The van der Waals surface area contributed by atoms with Gasteiger partial charge in [-0.05, 0) is 6.92 Å². The zero-order chi connectivity index (χ0) is 10.2. The topological polar surface area (TPSA) is 0 Å². The van der Waals surface area contributed by atoms with Gasteiger partial charge in [-0.1, -0.05) is 71.1 Å². The van der Waals surface area contributed by atoms with Gasteiger partial charge in [0, 0.05) is 0 Å². The minimum absolute atomic E-state index is 1.25. The van der Waals surface area contributed by atoms with E-state index < -0.39 is 0 Å². The summed E-state index contributed by atoms with van der Waals surface area (Å²) in [4.78, 5) is 0. The Morgan fingerprint density at radius 3 is 1.67 bits per heavy atom. The molecule has 72 valence electrons. The second-order valence-electron chi connectivity index (χ2n) is 1.85. The number of allylic oxidation sites excluding steroid dienone is 5. The fourth-order valence-electron chi connectivity index (χ4n) is 0.254. The molecule has 0 spiro atoms. The molecule has 0 radical (unpaired) electrons. The predicted molar refractivity (Wildman–Crippen MR) is 61.5 cm³/mol. The van der Waals surface area contributed by atoms with Crippen molar-refractivity contribution in [3.05, 3.63) is 37.0 Å². The van der Waals surface area contributed by atoms with Crippen molar-refractivity contribution in [1.82, 2.24) is 0 Å². The first kappa shape index (κ1) is 17.3. The summed E-state index contributed by atoms with van der Waals surface area (Å²) in [6, 6.07) is 0. The van der Waals surface area contributed by atoms with Gasteiger partial charge in [0.1, 0.15) is 0 Å². The summed E-state index contributed by atoms with van der Waals surface area (Å²) in [7, 11) is 0. The van der Waals surface area contributed by atoms with Crippen LogP contribution >= 0.6 is 0 Å². The monoisotopic (exact) mass is 168 g/mol. The fourth-order valence-corrected chi connectivity index (χ4v) is 0.254. The maximum Gasteiger partial charge on any atom is -0.0467 e. The molecule has 0 bridgehead atoms. The van der Waals surface area contributed by atoms with Gasteiger partial charge in [0.05, 0.1) is 0 Å². The van der Waals surface area contributed by atoms with Crippen LogP contribution in [-0.4, -0.2) is 0 Å². The standard InChI is InChI=1S/C7H10.C3H8.C2H6/c1-3-5-7-6-4-2;1-3-2;1-2/h3-7H,1H2,2H3;3H2,1-2H3;1-2H3/b6-4-,7-5-;;. The first-order chi connectivity index (χ1) is 5.83. The van der Waals surface area contributed by atoms with E-state index in [1.165, 1.54) is 6.42 Å². The highest BCUT2D eigenvalue weighted by molar-refractivity contribution is 5.07. The van der Waals surface area contributed by atoms with Gasteiger partial charge < -0.3 is 0 Å². The first-order valence-corrected chi connectivity index (χ1v) is 4.73. The maximum absolute atomic E-state index is 3.51. The van der Waals surface area contributed by atoms with Crippen molar-refractivity contribution in [2.75, 3.05) is 0 Å². The Labute approximate surface area is 78.7 Å². The molecular formula is C12H24. The molecule has 0 aromatic rings. The molecule has 12 heavy (non-hydrogen) atoms. The lowest BCUT2D eigenvalue weighted by molar-refractivity contribution is 1.09. The van der Waals surface area contributed by atoms with Crippen LogP contribution in [0.2, 0.25) is 0 Å². The minimum Gasteiger partial charge on any atom is -0.0991 e. The summed E-state index contributed by atoms with van der Waals surface area (Å²) in [5.41, 5.74) is 0. The molecule has 0 rings (SSSR count). The van der Waals surface area contributed by atoms with E-state index in [0.29, 0.717) is 0 Å². The molecule has 0 N–H and O–H groups in total. The first-order valence-electron chi connectivity index (χ1n) is 4.73. The second kappa shape index (κ2) is 31.9. The molecule has 0 nitrogen and oxygen atoms in total. The largest absolute Gasteiger partial charge is 0.0991 e. The molecule has 0 heterocycles. The Balaban J connectivity index is -0.000000137. The van der Waals surface area contributed by atoms with Crippen LogP contribution in [0.3, 0.4) is 0 Å². The molecule has 0 aromatic carbocycles. The van der Waals surface area contributed by atoms with Gasteiger partial charge in [0.15, 0.2) is 0 Å². The number of rotatable bonds is 2. The van der Waals surface area contributed by atoms with Crippen LogP contribution in [0.25, 0.3) is 0 Å². The third-order valence-corrected chi connectivity index (χ3v) is 0.551. The summed E-state index contributed by atoms with van der Waals surface area (Å²) in [5.74, 6) is 0. The lowest BCUT2D eigenvalue weighted by atomic mass is 10.4. The average molecular weight is 168 g/mol. The van der Waals surface area contributed by atoms with Gasteiger partial charge in [0.25, 0.3) is 0 Å². The van der Waals surface area contributed by atoms with Gasteiger partial charge in [0.2, 0.25) is 0 Å². The highest BCUT2D eigenvalue weighted by atomic mass is 13.6. The minimum atomic E-state index is 1.25. The van der Waals surface area contributed by atoms with Gasteiger partial charge in [-0.25, -0.2) is 0 Å². The van der Waals surface area contributed by atoms with Crippen molar-refractivity contribution in [1.29, 1.82) is 0 Å². The van der Waals surface area contributed by atoms with Crippen LogP contribution in [0.5, 0.6) is 0 Å². The van der Waals surface area contributed by atoms with Gasteiger partial charge >= 0.3 is 0 Å². The predicted octanol–water partition coefficient (Wildman–Crippen LogP) is 4.75. The molecule has 0 saturated heterocycles. The smallest absolute Gasteiger partial charge is 0.0467 e. The molecule has 0 aliphatic heterocycles. The van der Waals surface area contributed by atoms with Crippen LogP contribution < -0.4 is 0 Å². The van der Waals surface area contributed by atoms with Gasteiger partial charge in [-0.2, -0.15) is 0 Å². The van der Waals surface area contributed by atoms with Crippen molar-refractivity contribution in [2.24, 2.45) is 0 Å². The van der Waals surface area contributed by atoms with Crippen molar-refractivity contribution >= 4 is 0 Å². The molecular weight excluding hydrogens is 144 g/mol. The molecule has 0 atom stereocenters. The van der Waals surface area contributed by atoms with Crippen LogP contribution in [0.4, 0.5) is 0 Å². The maximum atomic E-state index is 3.51. The SMILES string of the molecule is C=C/C=C\C=C/C.CC.CCC. The number of hydrogen-bond acceptors (Lipinski definition) is 0. The zero-order valence-corrected chi connectivity index (χ0v) is 9.30. The van der Waals surface area contributed by atoms with Crippen molar-refractivity contribution in [3.8, 4) is 0 Å². The highest BCUT2D eigenvalue weighted by Gasteiger charge is 1.52. The molecule has 0 aromatic heterocycles. The quantitative estimate of drug-likeness (QED) is 0.522. The van der Waals surface area contributed by atoms with Crippen molar-refractivity contribution in [2.45, 2.75) is 41.0 Å². The van der Waals surface area contributed by atoms with Crippen LogP contribution in [-0.2, 0) is 0 Å². The van der Waals surface area contributed by atoms with Crippen LogP contribution in [0.1, 0.15) is 41.0 Å². The summed E-state index contributed by atoms with van der Waals surface area (Å²) in [6.07, 6.45) is 10.8. The molecule has 0 unspecified atom stereocenters. The van der Waals surface area contributed by atoms with Crippen molar-refractivity contribution in [3.63, 3.8) is 0 Å². The van der Waals surface area contributed by atoms with Crippen LogP contribution in [0, 0.1) is 0 Å². The third kappa shape index (κ3) is 60.1. The van der Waals surface area contributed by atoms with E-state index in [1.54, 1.807) is 6.08 Å². The van der Waals surface area contributed by atoms with E-state index >= 15 is 0 Å². The molecule has 0 aliphatic rings. The van der Waals surface area contributed by atoms with Crippen molar-refractivity contribution < 1.29 is 0 Å². The second-order valence-corrected chi connectivity index (χ2v) is 1.85. The van der Waals surface area contributed by atoms with Gasteiger partial charge in [-0.3, -0.25) is 0 Å². The van der Waals surface area contributed by atoms with E-state index in [-0.39, 0.29) is 0 Å². The lowest BCUT2D eigenvalue weighted by Gasteiger charge is -1.65. The molecule has 0 fully saturated rings. The molecule has 0 aliphatic carbocycles. The van der Waals surface area contributed by atoms with E-state index in [9.17, 15) is 0 Å². The molecule has 0 heteroatoms. The molecule has 0 saturated carbocycles. The fraction of sp³-hybridized carbons (Fsp3) is 0.500. The highest BCUT2D eigenvalue weighted by Crippen LogP contribution is 1.74. The Bertz CT molecular complexity index is 96.6.